The van der Waals surface area contributed by atoms with E-state index in [1.54, 1.807) is 0 Å². The maximum atomic E-state index is 14.0. The van der Waals surface area contributed by atoms with Gasteiger partial charge in [0.2, 0.25) is 0 Å². The zero-order valence-electron chi connectivity index (χ0n) is 9.06. The minimum atomic E-state index is -2.87. The Morgan fingerprint density at radius 3 is 2.69 bits per heavy atom. The number of hydrogen-bond donors (Lipinski definition) is 1. The SMILES string of the molecule is Cc1cc(C(F)(F)C2CCNC2)ccc1F. The van der Waals surface area contributed by atoms with Gasteiger partial charge < -0.3 is 5.32 Å². The summed E-state index contributed by atoms with van der Waals surface area (Å²) in [6.45, 7) is 2.45. The Kier molecular flexibility index (Phi) is 2.93. The summed E-state index contributed by atoms with van der Waals surface area (Å²) in [7, 11) is 0. The second-order valence-electron chi connectivity index (χ2n) is 4.28. The molecule has 0 aliphatic carbocycles. The van der Waals surface area contributed by atoms with Crippen molar-refractivity contribution in [3.05, 3.63) is 35.1 Å². The van der Waals surface area contributed by atoms with Gasteiger partial charge in [-0.25, -0.2) is 13.2 Å². The van der Waals surface area contributed by atoms with Gasteiger partial charge in [-0.3, -0.25) is 0 Å². The largest absolute Gasteiger partial charge is 0.316 e. The maximum Gasteiger partial charge on any atom is 0.277 e. The molecule has 16 heavy (non-hydrogen) atoms. The van der Waals surface area contributed by atoms with Gasteiger partial charge in [0, 0.05) is 18.0 Å². The predicted molar refractivity (Wildman–Crippen MR) is 56.0 cm³/mol. The van der Waals surface area contributed by atoms with Crippen LogP contribution < -0.4 is 5.32 Å². The molecule has 0 amide bonds. The molecule has 1 N–H and O–H groups in total. The Morgan fingerprint density at radius 1 is 1.38 bits per heavy atom. The number of aryl methyl sites for hydroxylation is 1. The lowest BCUT2D eigenvalue weighted by atomic mass is 9.93. The van der Waals surface area contributed by atoms with Crippen LogP contribution in [0.25, 0.3) is 0 Å². The van der Waals surface area contributed by atoms with Crippen molar-refractivity contribution in [2.45, 2.75) is 19.3 Å². The molecule has 0 saturated carbocycles. The fourth-order valence-corrected chi connectivity index (χ4v) is 2.05. The highest BCUT2D eigenvalue weighted by molar-refractivity contribution is 5.28. The lowest BCUT2D eigenvalue weighted by Crippen LogP contribution is -2.27. The van der Waals surface area contributed by atoms with Crippen molar-refractivity contribution in [1.29, 1.82) is 0 Å². The number of nitrogens with one attached hydrogen (secondary N) is 1. The van der Waals surface area contributed by atoms with E-state index >= 15 is 0 Å². The quantitative estimate of drug-likeness (QED) is 0.822. The summed E-state index contributed by atoms with van der Waals surface area (Å²) >= 11 is 0. The van der Waals surface area contributed by atoms with Crippen molar-refractivity contribution < 1.29 is 13.2 Å². The van der Waals surface area contributed by atoms with E-state index in [4.69, 9.17) is 0 Å². The molecule has 1 atom stereocenters. The van der Waals surface area contributed by atoms with Crippen molar-refractivity contribution in [3.63, 3.8) is 0 Å². The molecule has 1 aliphatic heterocycles. The number of rotatable bonds is 2. The topological polar surface area (TPSA) is 12.0 Å². The summed E-state index contributed by atoms with van der Waals surface area (Å²) < 4.78 is 41.0. The van der Waals surface area contributed by atoms with Crippen LogP contribution in [0, 0.1) is 18.7 Å². The zero-order valence-corrected chi connectivity index (χ0v) is 9.06. The monoisotopic (exact) mass is 229 g/mol. The Labute approximate surface area is 92.7 Å². The lowest BCUT2D eigenvalue weighted by molar-refractivity contribution is -0.0576. The van der Waals surface area contributed by atoms with Crippen molar-refractivity contribution in [1.82, 2.24) is 5.32 Å². The average Bonchev–Trinajstić information content (AvgIpc) is 2.75. The predicted octanol–water partition coefficient (Wildman–Crippen LogP) is 2.84. The molecule has 0 bridgehead atoms. The first-order valence-electron chi connectivity index (χ1n) is 5.37. The molecule has 1 aromatic rings. The summed E-state index contributed by atoms with van der Waals surface area (Å²) in [4.78, 5) is 0. The number of benzene rings is 1. The molecule has 1 fully saturated rings. The van der Waals surface area contributed by atoms with Gasteiger partial charge in [-0.1, -0.05) is 6.07 Å². The molecule has 1 unspecified atom stereocenters. The lowest BCUT2D eigenvalue weighted by Gasteiger charge is -2.23. The summed E-state index contributed by atoms with van der Waals surface area (Å²) in [6.07, 6.45) is 0.462. The van der Waals surface area contributed by atoms with Crippen LogP contribution in [0.2, 0.25) is 0 Å². The second-order valence-corrected chi connectivity index (χ2v) is 4.28. The van der Waals surface area contributed by atoms with Crippen molar-refractivity contribution >= 4 is 0 Å². The number of hydrogen-bond acceptors (Lipinski definition) is 1. The fraction of sp³-hybridized carbons (Fsp3) is 0.500. The molecule has 1 aliphatic rings. The van der Waals surface area contributed by atoms with Gasteiger partial charge >= 0.3 is 0 Å². The van der Waals surface area contributed by atoms with Crippen LogP contribution in [0.5, 0.6) is 0 Å². The zero-order chi connectivity index (χ0) is 11.8. The van der Waals surface area contributed by atoms with Gasteiger partial charge in [0.1, 0.15) is 5.82 Å². The summed E-state index contributed by atoms with van der Waals surface area (Å²) in [5.74, 6) is -4.00. The Hall–Kier alpha value is -1.03. The molecule has 1 aromatic carbocycles. The normalized spacial score (nSPS) is 21.4. The van der Waals surface area contributed by atoms with E-state index in [1.165, 1.54) is 19.1 Å². The maximum absolute atomic E-state index is 14.0. The molecule has 0 aromatic heterocycles. The van der Waals surface area contributed by atoms with E-state index in [9.17, 15) is 13.2 Å². The Morgan fingerprint density at radius 2 is 2.12 bits per heavy atom. The summed E-state index contributed by atoms with van der Waals surface area (Å²) in [5.41, 5.74) is 0.184. The molecule has 4 heteroatoms. The third-order valence-corrected chi connectivity index (χ3v) is 3.12. The van der Waals surface area contributed by atoms with Crippen LogP contribution in [0.15, 0.2) is 18.2 Å². The molecule has 1 saturated heterocycles. The summed E-state index contributed by atoms with van der Waals surface area (Å²) in [5, 5.41) is 2.92. The standard InChI is InChI=1S/C12H14F3N/c1-8-6-9(2-3-11(8)13)12(14,15)10-4-5-16-7-10/h2-3,6,10,16H,4-5,7H2,1H3. The van der Waals surface area contributed by atoms with Crippen molar-refractivity contribution in [2.75, 3.05) is 13.1 Å². The first-order valence-corrected chi connectivity index (χ1v) is 5.37. The van der Waals surface area contributed by atoms with Crippen LogP contribution >= 0.6 is 0 Å². The van der Waals surface area contributed by atoms with Gasteiger partial charge in [0.05, 0.1) is 0 Å². The highest BCUT2D eigenvalue weighted by atomic mass is 19.3. The molecular weight excluding hydrogens is 215 g/mol. The molecule has 0 spiro atoms. The molecule has 88 valence electrons. The third-order valence-electron chi connectivity index (χ3n) is 3.12. The van der Waals surface area contributed by atoms with Gasteiger partial charge in [-0.05, 0) is 37.6 Å². The van der Waals surface area contributed by atoms with E-state index in [-0.39, 0.29) is 11.1 Å². The molecule has 0 radical (unpaired) electrons. The van der Waals surface area contributed by atoms with E-state index < -0.39 is 17.7 Å². The highest BCUT2D eigenvalue weighted by Crippen LogP contribution is 2.39. The van der Waals surface area contributed by atoms with E-state index in [1.807, 2.05) is 0 Å². The fourth-order valence-electron chi connectivity index (χ4n) is 2.05. The van der Waals surface area contributed by atoms with Crippen LogP contribution in [-0.2, 0) is 5.92 Å². The van der Waals surface area contributed by atoms with Gasteiger partial charge in [0.15, 0.2) is 0 Å². The van der Waals surface area contributed by atoms with E-state index in [2.05, 4.69) is 5.32 Å². The minimum absolute atomic E-state index is 0.0832. The Balaban J connectivity index is 2.30. The first-order chi connectivity index (χ1) is 7.51. The van der Waals surface area contributed by atoms with E-state index in [0.29, 0.717) is 19.5 Å². The van der Waals surface area contributed by atoms with Crippen molar-refractivity contribution in [3.8, 4) is 0 Å². The first kappa shape index (κ1) is 11.5. The van der Waals surface area contributed by atoms with Crippen LogP contribution in [0.4, 0.5) is 13.2 Å². The van der Waals surface area contributed by atoms with Gasteiger partial charge in [-0.2, -0.15) is 0 Å². The molecule has 2 rings (SSSR count). The van der Waals surface area contributed by atoms with Crippen LogP contribution in [-0.4, -0.2) is 13.1 Å². The summed E-state index contributed by atoms with van der Waals surface area (Å²) in [6, 6.07) is 3.54. The smallest absolute Gasteiger partial charge is 0.277 e. The van der Waals surface area contributed by atoms with Gasteiger partial charge in [-0.15, -0.1) is 0 Å². The highest BCUT2D eigenvalue weighted by Gasteiger charge is 2.42. The third kappa shape index (κ3) is 1.94. The molecule has 1 heterocycles. The van der Waals surface area contributed by atoms with Crippen molar-refractivity contribution in [2.24, 2.45) is 5.92 Å². The van der Waals surface area contributed by atoms with Gasteiger partial charge in [0.25, 0.3) is 5.92 Å². The molecular formula is C12H14F3N. The van der Waals surface area contributed by atoms with E-state index in [0.717, 1.165) is 6.07 Å². The second kappa shape index (κ2) is 4.09. The average molecular weight is 229 g/mol. The number of halogens is 3. The van der Waals surface area contributed by atoms with Crippen LogP contribution in [0.1, 0.15) is 17.5 Å². The Bertz CT molecular complexity index is 384. The molecule has 1 nitrogen and oxygen atoms in total. The minimum Gasteiger partial charge on any atom is -0.316 e. The van der Waals surface area contributed by atoms with Crippen LogP contribution in [0.3, 0.4) is 0 Å². The number of alkyl halides is 2.